The number of primary amides is 1. The quantitative estimate of drug-likeness (QED) is 0.650. The molecule has 3 N–H and O–H groups in total. The van der Waals surface area contributed by atoms with Crippen LogP contribution in [0.4, 0.5) is 0 Å². The Hall–Kier alpha value is -3.68. The van der Waals surface area contributed by atoms with Crippen LogP contribution in [0.2, 0.25) is 0 Å². The second-order valence-corrected chi connectivity index (χ2v) is 5.85. The van der Waals surface area contributed by atoms with Crippen LogP contribution in [0.1, 0.15) is 26.3 Å². The molecular weight excluding hydrogens is 364 g/mol. The van der Waals surface area contributed by atoms with Gasteiger partial charge >= 0.3 is 11.9 Å². The van der Waals surface area contributed by atoms with Crippen molar-refractivity contribution >= 4 is 23.8 Å². The number of nitrogens with one attached hydrogen (secondary N) is 1. The van der Waals surface area contributed by atoms with Crippen LogP contribution < -0.4 is 11.1 Å². The van der Waals surface area contributed by atoms with Crippen molar-refractivity contribution in [3.05, 3.63) is 71.3 Å². The Morgan fingerprint density at radius 1 is 0.964 bits per heavy atom. The smallest absolute Gasteiger partial charge is 0.338 e. The number of benzene rings is 2. The maximum absolute atomic E-state index is 12.1. The molecule has 0 aromatic heterocycles. The first-order valence-corrected chi connectivity index (χ1v) is 8.39. The summed E-state index contributed by atoms with van der Waals surface area (Å²) in [7, 11) is 1.22. The Balaban J connectivity index is 1.91. The number of amides is 2. The molecule has 0 aliphatic rings. The highest BCUT2D eigenvalue weighted by Gasteiger charge is 2.22. The first-order valence-electron chi connectivity index (χ1n) is 8.39. The summed E-state index contributed by atoms with van der Waals surface area (Å²) in [6, 6.07) is 13.7. The van der Waals surface area contributed by atoms with Crippen LogP contribution in [-0.2, 0) is 25.5 Å². The number of hydrogen-bond acceptors (Lipinski definition) is 6. The van der Waals surface area contributed by atoms with E-state index in [1.54, 1.807) is 0 Å². The van der Waals surface area contributed by atoms with Crippen molar-refractivity contribution in [1.29, 1.82) is 0 Å². The van der Waals surface area contributed by atoms with Gasteiger partial charge in [0, 0.05) is 12.0 Å². The minimum absolute atomic E-state index is 0.159. The number of esters is 2. The first kappa shape index (κ1) is 20.6. The third kappa shape index (κ3) is 5.94. The fourth-order valence-electron chi connectivity index (χ4n) is 2.41. The Morgan fingerprint density at radius 2 is 1.57 bits per heavy atom. The number of rotatable bonds is 8. The van der Waals surface area contributed by atoms with Crippen LogP contribution in [0.3, 0.4) is 0 Å². The lowest BCUT2D eigenvalue weighted by atomic mass is 10.1. The van der Waals surface area contributed by atoms with Gasteiger partial charge in [-0.15, -0.1) is 0 Å². The number of carbonyl (C=O) groups excluding carboxylic acids is 4. The highest BCUT2D eigenvalue weighted by Crippen LogP contribution is 2.07. The summed E-state index contributed by atoms with van der Waals surface area (Å²) in [5.74, 6) is -2.62. The largest absolute Gasteiger partial charge is 0.467 e. The fourth-order valence-corrected chi connectivity index (χ4v) is 2.41. The molecule has 8 heteroatoms. The fraction of sp³-hybridized carbons (Fsp3) is 0.200. The van der Waals surface area contributed by atoms with Gasteiger partial charge in [0.2, 0.25) is 5.91 Å². The van der Waals surface area contributed by atoms with E-state index in [0.717, 1.165) is 5.56 Å². The summed E-state index contributed by atoms with van der Waals surface area (Å²) < 4.78 is 9.65. The lowest BCUT2D eigenvalue weighted by molar-refractivity contribution is -0.145. The maximum atomic E-state index is 12.1. The van der Waals surface area contributed by atoms with Crippen molar-refractivity contribution in [2.75, 3.05) is 13.7 Å². The number of hydrogen-bond donors (Lipinski definition) is 2. The van der Waals surface area contributed by atoms with Crippen molar-refractivity contribution in [3.63, 3.8) is 0 Å². The van der Waals surface area contributed by atoms with E-state index in [0.29, 0.717) is 0 Å². The Labute approximate surface area is 161 Å². The van der Waals surface area contributed by atoms with E-state index in [2.05, 4.69) is 5.32 Å². The normalized spacial score (nSPS) is 11.2. The second kappa shape index (κ2) is 9.86. The molecular formula is C20H20N2O6. The van der Waals surface area contributed by atoms with E-state index >= 15 is 0 Å². The second-order valence-electron chi connectivity index (χ2n) is 5.85. The van der Waals surface area contributed by atoms with Crippen LogP contribution in [0, 0.1) is 0 Å². The molecule has 2 aromatic carbocycles. The summed E-state index contributed by atoms with van der Waals surface area (Å²) in [6.07, 6.45) is 0.238. The zero-order valence-corrected chi connectivity index (χ0v) is 15.2. The zero-order valence-electron chi connectivity index (χ0n) is 15.2. The van der Waals surface area contributed by atoms with Gasteiger partial charge in [-0.25, -0.2) is 9.59 Å². The monoisotopic (exact) mass is 384 g/mol. The molecule has 0 bridgehead atoms. The summed E-state index contributed by atoms with van der Waals surface area (Å²) in [4.78, 5) is 47.0. The SMILES string of the molecule is COC(=O)C(Cc1ccccc1)NC(=O)COC(=O)c1ccc(C(N)=O)cc1. The number of ether oxygens (including phenoxy) is 2. The van der Waals surface area contributed by atoms with Crippen molar-refractivity contribution in [2.45, 2.75) is 12.5 Å². The van der Waals surface area contributed by atoms with Gasteiger partial charge in [0.15, 0.2) is 6.61 Å². The number of carbonyl (C=O) groups is 4. The molecule has 146 valence electrons. The minimum atomic E-state index is -0.909. The minimum Gasteiger partial charge on any atom is -0.467 e. The van der Waals surface area contributed by atoms with Crippen LogP contribution in [0.25, 0.3) is 0 Å². The molecule has 2 amide bonds. The molecule has 0 aliphatic heterocycles. The van der Waals surface area contributed by atoms with Crippen LogP contribution in [0.15, 0.2) is 54.6 Å². The van der Waals surface area contributed by atoms with Gasteiger partial charge in [-0.3, -0.25) is 9.59 Å². The van der Waals surface area contributed by atoms with Crippen LogP contribution in [0.5, 0.6) is 0 Å². The summed E-state index contributed by atoms with van der Waals surface area (Å²) in [6.45, 7) is -0.571. The molecule has 0 aliphatic carbocycles. The van der Waals surface area contributed by atoms with Gasteiger partial charge in [0.25, 0.3) is 5.91 Å². The molecule has 1 unspecified atom stereocenters. The molecule has 0 radical (unpaired) electrons. The van der Waals surface area contributed by atoms with Crippen molar-refractivity contribution in [3.8, 4) is 0 Å². The molecule has 2 aromatic rings. The average molecular weight is 384 g/mol. The zero-order chi connectivity index (χ0) is 20.5. The lowest BCUT2D eigenvalue weighted by Crippen LogP contribution is -2.44. The van der Waals surface area contributed by atoms with Gasteiger partial charge in [-0.2, -0.15) is 0 Å². The maximum Gasteiger partial charge on any atom is 0.338 e. The standard InChI is InChI=1S/C20H20N2O6/c1-27-20(26)16(11-13-5-3-2-4-6-13)22-17(23)12-28-19(25)15-9-7-14(8-10-15)18(21)24/h2-10,16H,11-12H2,1H3,(H2,21,24)(H,22,23). The summed E-state index contributed by atoms with van der Waals surface area (Å²) >= 11 is 0. The van der Waals surface area contributed by atoms with Gasteiger partial charge in [-0.05, 0) is 29.8 Å². The van der Waals surface area contributed by atoms with E-state index in [1.807, 2.05) is 30.3 Å². The molecule has 0 saturated carbocycles. The van der Waals surface area contributed by atoms with E-state index < -0.39 is 36.4 Å². The van der Waals surface area contributed by atoms with E-state index in [1.165, 1.54) is 31.4 Å². The Morgan fingerprint density at radius 3 is 2.14 bits per heavy atom. The van der Waals surface area contributed by atoms with Gasteiger partial charge in [0.1, 0.15) is 6.04 Å². The highest BCUT2D eigenvalue weighted by atomic mass is 16.5. The van der Waals surface area contributed by atoms with E-state index in [9.17, 15) is 19.2 Å². The van der Waals surface area contributed by atoms with E-state index in [4.69, 9.17) is 15.2 Å². The molecule has 2 rings (SSSR count). The van der Waals surface area contributed by atoms with Crippen molar-refractivity contribution in [1.82, 2.24) is 5.32 Å². The number of nitrogens with two attached hydrogens (primary N) is 1. The summed E-state index contributed by atoms with van der Waals surface area (Å²) in [5, 5.41) is 2.50. The first-order chi connectivity index (χ1) is 13.4. The molecule has 0 heterocycles. The van der Waals surface area contributed by atoms with Crippen LogP contribution >= 0.6 is 0 Å². The molecule has 0 spiro atoms. The lowest BCUT2D eigenvalue weighted by Gasteiger charge is -2.16. The molecule has 1 atom stereocenters. The predicted molar refractivity (Wildman–Crippen MR) is 99.3 cm³/mol. The third-order valence-electron chi connectivity index (χ3n) is 3.84. The summed E-state index contributed by atoms with van der Waals surface area (Å²) in [5.41, 5.74) is 6.37. The Bertz CT molecular complexity index is 849. The van der Waals surface area contributed by atoms with Gasteiger partial charge < -0.3 is 20.5 Å². The topological polar surface area (TPSA) is 125 Å². The highest BCUT2D eigenvalue weighted by molar-refractivity contribution is 5.95. The van der Waals surface area contributed by atoms with Gasteiger partial charge in [-0.1, -0.05) is 30.3 Å². The Kier molecular flexibility index (Phi) is 7.27. The third-order valence-corrected chi connectivity index (χ3v) is 3.84. The van der Waals surface area contributed by atoms with Crippen molar-refractivity contribution < 1.29 is 28.7 Å². The molecule has 28 heavy (non-hydrogen) atoms. The van der Waals surface area contributed by atoms with Gasteiger partial charge in [0.05, 0.1) is 12.7 Å². The van der Waals surface area contributed by atoms with Crippen molar-refractivity contribution in [2.24, 2.45) is 5.73 Å². The average Bonchev–Trinajstić information content (AvgIpc) is 2.71. The van der Waals surface area contributed by atoms with E-state index in [-0.39, 0.29) is 17.5 Å². The molecule has 8 nitrogen and oxygen atoms in total. The number of methoxy groups -OCH3 is 1. The molecule has 0 fully saturated rings. The predicted octanol–water partition coefficient (Wildman–Crippen LogP) is 0.843. The molecule has 0 saturated heterocycles. The van der Waals surface area contributed by atoms with Crippen LogP contribution in [-0.4, -0.2) is 43.5 Å².